The zero-order valence-corrected chi connectivity index (χ0v) is 11.6. The van der Waals surface area contributed by atoms with Crippen LogP contribution in [0.25, 0.3) is 0 Å². The highest BCUT2D eigenvalue weighted by Crippen LogP contribution is 2.34. The van der Waals surface area contributed by atoms with Crippen molar-refractivity contribution in [3.63, 3.8) is 0 Å². The Morgan fingerprint density at radius 3 is 2.82 bits per heavy atom. The predicted molar refractivity (Wildman–Crippen MR) is 77.8 cm³/mol. The maximum absolute atomic E-state index is 2.33. The van der Waals surface area contributed by atoms with E-state index in [1.807, 2.05) is 11.8 Å². The molecule has 0 aliphatic carbocycles. The molecule has 2 rings (SSSR count). The highest BCUT2D eigenvalue weighted by atomic mass is 32.2. The first kappa shape index (κ1) is 12.5. The highest BCUT2D eigenvalue weighted by Gasteiger charge is 2.12. The Morgan fingerprint density at radius 2 is 2.00 bits per heavy atom. The lowest BCUT2D eigenvalue weighted by Crippen LogP contribution is -1.99. The SMILES string of the molecule is Cc1ccc2c(c1)C(C)/C=C\C=C/CC(C)S2. The van der Waals surface area contributed by atoms with E-state index >= 15 is 0 Å². The van der Waals surface area contributed by atoms with Gasteiger partial charge in [0.05, 0.1) is 0 Å². The molecule has 1 aliphatic heterocycles. The predicted octanol–water partition coefficient (Wildman–Crippen LogP) is 5.10. The normalized spacial score (nSPS) is 28.2. The first-order valence-corrected chi connectivity index (χ1v) is 7.15. The second kappa shape index (κ2) is 5.59. The van der Waals surface area contributed by atoms with E-state index in [-0.39, 0.29) is 0 Å². The number of hydrogen-bond donors (Lipinski definition) is 0. The number of hydrogen-bond acceptors (Lipinski definition) is 1. The number of benzene rings is 1. The van der Waals surface area contributed by atoms with E-state index in [1.165, 1.54) is 16.0 Å². The van der Waals surface area contributed by atoms with Crippen LogP contribution in [-0.2, 0) is 0 Å². The fourth-order valence-corrected chi connectivity index (χ4v) is 3.25. The van der Waals surface area contributed by atoms with Gasteiger partial charge in [-0.2, -0.15) is 0 Å². The second-order valence-electron chi connectivity index (χ2n) is 4.81. The van der Waals surface area contributed by atoms with Crippen molar-refractivity contribution in [3.05, 3.63) is 53.6 Å². The van der Waals surface area contributed by atoms with E-state index in [9.17, 15) is 0 Å². The van der Waals surface area contributed by atoms with Gasteiger partial charge in [0, 0.05) is 16.1 Å². The van der Waals surface area contributed by atoms with E-state index in [0.717, 1.165) is 6.42 Å². The van der Waals surface area contributed by atoms with Crippen LogP contribution in [0.15, 0.2) is 47.4 Å². The third kappa shape index (κ3) is 3.26. The first-order valence-electron chi connectivity index (χ1n) is 6.27. The topological polar surface area (TPSA) is 0 Å². The van der Waals surface area contributed by atoms with Crippen molar-refractivity contribution < 1.29 is 0 Å². The maximum Gasteiger partial charge on any atom is 0.0113 e. The maximum atomic E-state index is 2.33. The molecule has 0 aromatic heterocycles. The molecule has 0 fully saturated rings. The van der Waals surface area contributed by atoms with Gasteiger partial charge in [0.25, 0.3) is 0 Å². The standard InChI is InChI=1S/C16H20S/c1-12-9-10-16-15(11-12)13(2)7-5-4-6-8-14(3)17-16/h4-7,9-11,13-14H,8H2,1-3H3/b6-4-,7-5-. The summed E-state index contributed by atoms with van der Waals surface area (Å²) in [5.74, 6) is 0.493. The first-order chi connectivity index (χ1) is 8.16. The molecule has 0 bridgehead atoms. The molecule has 0 saturated carbocycles. The molecular weight excluding hydrogens is 224 g/mol. The van der Waals surface area contributed by atoms with Crippen LogP contribution in [-0.4, -0.2) is 5.25 Å². The van der Waals surface area contributed by atoms with Crippen molar-refractivity contribution in [3.8, 4) is 0 Å². The van der Waals surface area contributed by atoms with Gasteiger partial charge >= 0.3 is 0 Å². The van der Waals surface area contributed by atoms with Gasteiger partial charge in [-0.1, -0.05) is 55.8 Å². The van der Waals surface area contributed by atoms with Crippen molar-refractivity contribution in [1.29, 1.82) is 0 Å². The van der Waals surface area contributed by atoms with Crippen LogP contribution < -0.4 is 0 Å². The van der Waals surface area contributed by atoms with Crippen LogP contribution in [0.1, 0.15) is 37.3 Å². The van der Waals surface area contributed by atoms with Crippen molar-refractivity contribution in [2.24, 2.45) is 0 Å². The third-order valence-electron chi connectivity index (χ3n) is 3.10. The van der Waals surface area contributed by atoms with Crippen LogP contribution in [0.4, 0.5) is 0 Å². The number of allylic oxidation sites excluding steroid dienone is 4. The molecule has 1 heterocycles. The van der Waals surface area contributed by atoms with Crippen LogP contribution >= 0.6 is 11.8 Å². The van der Waals surface area contributed by atoms with Crippen molar-refractivity contribution >= 4 is 11.8 Å². The third-order valence-corrected chi connectivity index (χ3v) is 4.32. The molecule has 0 saturated heterocycles. The highest BCUT2D eigenvalue weighted by molar-refractivity contribution is 8.00. The summed E-state index contributed by atoms with van der Waals surface area (Å²) < 4.78 is 0. The van der Waals surface area contributed by atoms with Crippen LogP contribution in [0, 0.1) is 6.92 Å². The zero-order chi connectivity index (χ0) is 12.3. The molecule has 90 valence electrons. The van der Waals surface area contributed by atoms with E-state index in [4.69, 9.17) is 0 Å². The molecule has 0 nitrogen and oxygen atoms in total. The lowest BCUT2D eigenvalue weighted by Gasteiger charge is -2.17. The van der Waals surface area contributed by atoms with E-state index in [0.29, 0.717) is 11.2 Å². The molecular formula is C16H20S. The summed E-state index contributed by atoms with van der Waals surface area (Å²) in [6.45, 7) is 6.74. The molecule has 2 atom stereocenters. The number of thioether (sulfide) groups is 1. The Balaban J connectivity index is 2.42. The molecule has 1 aliphatic rings. The summed E-state index contributed by atoms with van der Waals surface area (Å²) in [5.41, 5.74) is 2.82. The van der Waals surface area contributed by atoms with Gasteiger partial charge in [0.15, 0.2) is 0 Å². The molecule has 0 N–H and O–H groups in total. The molecule has 2 unspecified atom stereocenters. The Hall–Kier alpha value is -0.950. The Bertz CT molecular complexity index is 443. The zero-order valence-electron chi connectivity index (χ0n) is 10.8. The van der Waals surface area contributed by atoms with E-state index in [2.05, 4.69) is 63.3 Å². The van der Waals surface area contributed by atoms with Gasteiger partial charge in [-0.25, -0.2) is 0 Å². The number of aryl methyl sites for hydroxylation is 1. The fraction of sp³-hybridized carbons (Fsp3) is 0.375. The number of fused-ring (bicyclic) bond motifs is 1. The van der Waals surface area contributed by atoms with E-state index in [1.54, 1.807) is 0 Å². The quantitative estimate of drug-likeness (QED) is 0.612. The molecule has 0 radical (unpaired) electrons. The summed E-state index contributed by atoms with van der Waals surface area (Å²) in [4.78, 5) is 1.44. The minimum Gasteiger partial charge on any atom is -0.122 e. The minimum atomic E-state index is 0.493. The molecule has 17 heavy (non-hydrogen) atoms. The lowest BCUT2D eigenvalue weighted by atomic mass is 9.98. The summed E-state index contributed by atoms with van der Waals surface area (Å²) in [5, 5.41) is 0.645. The van der Waals surface area contributed by atoms with Crippen LogP contribution in [0.3, 0.4) is 0 Å². The van der Waals surface area contributed by atoms with Crippen molar-refractivity contribution in [1.82, 2.24) is 0 Å². The monoisotopic (exact) mass is 244 g/mol. The Labute approximate surface area is 109 Å². The van der Waals surface area contributed by atoms with Gasteiger partial charge in [-0.3, -0.25) is 0 Å². The largest absolute Gasteiger partial charge is 0.122 e. The summed E-state index contributed by atoms with van der Waals surface area (Å²) in [6.07, 6.45) is 10.0. The van der Waals surface area contributed by atoms with E-state index < -0.39 is 0 Å². The second-order valence-corrected chi connectivity index (χ2v) is 6.29. The average Bonchev–Trinajstić information content (AvgIpc) is 2.30. The van der Waals surface area contributed by atoms with Gasteiger partial charge in [0.2, 0.25) is 0 Å². The van der Waals surface area contributed by atoms with Crippen molar-refractivity contribution in [2.45, 2.75) is 43.3 Å². The minimum absolute atomic E-state index is 0.493. The van der Waals surface area contributed by atoms with Crippen LogP contribution in [0.5, 0.6) is 0 Å². The molecule has 1 aromatic rings. The summed E-state index contributed by atoms with van der Waals surface area (Å²) in [7, 11) is 0. The summed E-state index contributed by atoms with van der Waals surface area (Å²) >= 11 is 2.00. The van der Waals surface area contributed by atoms with Gasteiger partial charge in [0.1, 0.15) is 0 Å². The molecule has 1 heteroatoms. The van der Waals surface area contributed by atoms with Gasteiger partial charge < -0.3 is 0 Å². The average molecular weight is 244 g/mol. The van der Waals surface area contributed by atoms with Crippen LogP contribution in [0.2, 0.25) is 0 Å². The van der Waals surface area contributed by atoms with Gasteiger partial charge in [-0.15, -0.1) is 11.8 Å². The number of rotatable bonds is 0. The Kier molecular flexibility index (Phi) is 4.11. The summed E-state index contributed by atoms with van der Waals surface area (Å²) in [6, 6.07) is 6.83. The lowest BCUT2D eigenvalue weighted by molar-refractivity contribution is 0.917. The molecule has 0 amide bonds. The fourth-order valence-electron chi connectivity index (χ4n) is 2.08. The van der Waals surface area contributed by atoms with Crippen molar-refractivity contribution in [2.75, 3.05) is 0 Å². The smallest absolute Gasteiger partial charge is 0.0113 e. The molecule has 1 aromatic carbocycles. The van der Waals surface area contributed by atoms with Gasteiger partial charge in [-0.05, 0) is 25.0 Å². The Morgan fingerprint density at radius 1 is 1.18 bits per heavy atom. The molecule has 0 spiro atoms.